The topological polar surface area (TPSA) is 73.5 Å². The minimum Gasteiger partial charge on any atom is -0.357 e. The van der Waals surface area contributed by atoms with Gasteiger partial charge in [0.15, 0.2) is 5.43 Å². The van der Waals surface area contributed by atoms with Crippen LogP contribution in [0.3, 0.4) is 0 Å². The first-order valence-corrected chi connectivity index (χ1v) is 9.48. The van der Waals surface area contributed by atoms with Gasteiger partial charge < -0.3 is 4.98 Å². The molecule has 6 nitrogen and oxygen atoms in total. The second kappa shape index (κ2) is 6.07. The minimum absolute atomic E-state index is 0.0206. The molecule has 3 rings (SSSR count). The van der Waals surface area contributed by atoms with E-state index in [2.05, 4.69) is 9.88 Å². The molecule has 2 aromatic rings. The van der Waals surface area contributed by atoms with Crippen molar-refractivity contribution in [2.75, 3.05) is 32.4 Å². The molecule has 0 unspecified atom stereocenters. The van der Waals surface area contributed by atoms with Crippen LogP contribution in [0.5, 0.6) is 0 Å². The van der Waals surface area contributed by atoms with E-state index in [0.29, 0.717) is 38.1 Å². The van der Waals surface area contributed by atoms with Crippen LogP contribution in [0.4, 0.5) is 0 Å². The fourth-order valence-electron chi connectivity index (χ4n) is 2.96. The van der Waals surface area contributed by atoms with Crippen molar-refractivity contribution in [3.05, 3.63) is 45.7 Å². The molecule has 1 aliphatic heterocycles. The van der Waals surface area contributed by atoms with Crippen LogP contribution in [0, 0.1) is 6.92 Å². The van der Waals surface area contributed by atoms with E-state index in [1.165, 1.54) is 10.6 Å². The number of H-pyrrole nitrogens is 1. The third-order valence-electron chi connectivity index (χ3n) is 4.24. The Bertz CT molecular complexity index is 881. The third-order valence-corrected chi connectivity index (χ3v) is 5.54. The first kappa shape index (κ1) is 16.2. The molecule has 0 atom stereocenters. The van der Waals surface area contributed by atoms with Crippen molar-refractivity contribution in [2.24, 2.45) is 0 Å². The number of hydrogen-bond donors (Lipinski definition) is 1. The summed E-state index contributed by atoms with van der Waals surface area (Å²) >= 11 is 0. The average molecular weight is 335 g/mol. The fraction of sp³-hybridized carbons (Fsp3) is 0.438. The molecule has 1 aliphatic rings. The summed E-state index contributed by atoms with van der Waals surface area (Å²) in [5.41, 5.74) is 2.78. The molecule has 1 fully saturated rings. The van der Waals surface area contributed by atoms with Gasteiger partial charge in [-0.15, -0.1) is 0 Å². The van der Waals surface area contributed by atoms with Gasteiger partial charge in [-0.2, -0.15) is 4.31 Å². The highest BCUT2D eigenvalue weighted by molar-refractivity contribution is 7.88. The van der Waals surface area contributed by atoms with Gasteiger partial charge in [-0.1, -0.05) is 11.6 Å². The molecule has 0 amide bonds. The number of aryl methyl sites for hydroxylation is 1. The lowest BCUT2D eigenvalue weighted by atomic mass is 10.1. The van der Waals surface area contributed by atoms with Crippen LogP contribution in [0.2, 0.25) is 0 Å². The van der Waals surface area contributed by atoms with Gasteiger partial charge >= 0.3 is 0 Å². The molecule has 0 radical (unpaired) electrons. The number of nitrogens with one attached hydrogen (secondary N) is 1. The van der Waals surface area contributed by atoms with E-state index >= 15 is 0 Å². The third kappa shape index (κ3) is 3.63. The summed E-state index contributed by atoms with van der Waals surface area (Å²) in [6.07, 6.45) is 1.24. The van der Waals surface area contributed by atoms with Crippen LogP contribution < -0.4 is 5.43 Å². The van der Waals surface area contributed by atoms with Crippen LogP contribution in [0.15, 0.2) is 29.1 Å². The van der Waals surface area contributed by atoms with Crippen molar-refractivity contribution in [2.45, 2.75) is 13.5 Å². The highest BCUT2D eigenvalue weighted by Crippen LogP contribution is 2.13. The maximum atomic E-state index is 12.3. The number of piperazine rings is 1. The number of rotatable bonds is 3. The summed E-state index contributed by atoms with van der Waals surface area (Å²) in [5.74, 6) is 0. The number of nitrogens with zero attached hydrogens (tertiary/aromatic N) is 2. The van der Waals surface area contributed by atoms with Gasteiger partial charge in [-0.05, 0) is 19.1 Å². The normalized spacial score (nSPS) is 17.7. The van der Waals surface area contributed by atoms with Gasteiger partial charge in [-0.25, -0.2) is 8.42 Å². The summed E-state index contributed by atoms with van der Waals surface area (Å²) in [5, 5.41) is 0.704. The summed E-state index contributed by atoms with van der Waals surface area (Å²) in [6, 6.07) is 7.44. The lowest BCUT2D eigenvalue weighted by Crippen LogP contribution is -2.47. The largest absolute Gasteiger partial charge is 0.357 e. The quantitative estimate of drug-likeness (QED) is 0.905. The zero-order valence-corrected chi connectivity index (χ0v) is 14.2. The Labute approximate surface area is 135 Å². The Morgan fingerprint density at radius 3 is 2.48 bits per heavy atom. The number of sulfonamides is 1. The van der Waals surface area contributed by atoms with Crippen LogP contribution in [0.25, 0.3) is 10.9 Å². The van der Waals surface area contributed by atoms with E-state index in [-0.39, 0.29) is 5.43 Å². The number of benzene rings is 1. The molecule has 1 aromatic carbocycles. The number of aromatic nitrogens is 1. The predicted molar refractivity (Wildman–Crippen MR) is 91.0 cm³/mol. The molecule has 124 valence electrons. The Hall–Kier alpha value is -1.70. The van der Waals surface area contributed by atoms with Crippen LogP contribution in [-0.2, 0) is 16.6 Å². The molecule has 1 N–H and O–H groups in total. The number of aromatic amines is 1. The molecule has 2 heterocycles. The smallest absolute Gasteiger partial charge is 0.211 e. The molecule has 0 aliphatic carbocycles. The van der Waals surface area contributed by atoms with Gasteiger partial charge in [0.2, 0.25) is 10.0 Å². The molecule has 0 saturated carbocycles. The second-order valence-electron chi connectivity index (χ2n) is 6.15. The van der Waals surface area contributed by atoms with E-state index in [9.17, 15) is 13.2 Å². The summed E-state index contributed by atoms with van der Waals surface area (Å²) in [7, 11) is -3.11. The van der Waals surface area contributed by atoms with E-state index in [0.717, 1.165) is 16.8 Å². The molecule has 23 heavy (non-hydrogen) atoms. The summed E-state index contributed by atoms with van der Waals surface area (Å²) < 4.78 is 24.6. The van der Waals surface area contributed by atoms with Crippen molar-refractivity contribution in [3.63, 3.8) is 0 Å². The van der Waals surface area contributed by atoms with Gasteiger partial charge in [-0.3, -0.25) is 9.69 Å². The van der Waals surface area contributed by atoms with Gasteiger partial charge in [0.25, 0.3) is 0 Å². The number of fused-ring (bicyclic) bond motifs is 1. The lowest BCUT2D eigenvalue weighted by molar-refractivity contribution is 0.180. The summed E-state index contributed by atoms with van der Waals surface area (Å²) in [6.45, 7) is 4.92. The highest BCUT2D eigenvalue weighted by atomic mass is 32.2. The molecule has 1 saturated heterocycles. The van der Waals surface area contributed by atoms with E-state index in [1.807, 2.05) is 25.1 Å². The van der Waals surface area contributed by atoms with Gasteiger partial charge in [0.1, 0.15) is 0 Å². The monoisotopic (exact) mass is 335 g/mol. The Kier molecular flexibility index (Phi) is 4.27. The van der Waals surface area contributed by atoms with Crippen molar-refractivity contribution in [1.82, 2.24) is 14.2 Å². The van der Waals surface area contributed by atoms with Crippen molar-refractivity contribution in [3.8, 4) is 0 Å². The number of pyridine rings is 1. The fourth-order valence-corrected chi connectivity index (χ4v) is 3.79. The highest BCUT2D eigenvalue weighted by Gasteiger charge is 2.23. The maximum Gasteiger partial charge on any atom is 0.211 e. The molecule has 7 heteroatoms. The number of hydrogen-bond acceptors (Lipinski definition) is 4. The predicted octanol–water partition coefficient (Wildman–Crippen LogP) is 0.914. The van der Waals surface area contributed by atoms with Crippen molar-refractivity contribution in [1.29, 1.82) is 0 Å². The van der Waals surface area contributed by atoms with Crippen LogP contribution in [0.1, 0.15) is 11.3 Å². The lowest BCUT2D eigenvalue weighted by Gasteiger charge is -2.33. The van der Waals surface area contributed by atoms with Crippen LogP contribution >= 0.6 is 0 Å². The first-order valence-electron chi connectivity index (χ1n) is 7.63. The maximum absolute atomic E-state index is 12.3. The van der Waals surface area contributed by atoms with E-state index in [4.69, 9.17) is 0 Å². The molecule has 0 spiro atoms. The van der Waals surface area contributed by atoms with E-state index in [1.54, 1.807) is 6.07 Å². The standard InChI is InChI=1S/C16H21N3O3S/c1-12-3-4-15-14(9-12)16(20)10-13(17-15)11-18-5-7-19(8-6-18)23(2,21)22/h3-4,9-10H,5-8,11H2,1-2H3,(H,17,20). The van der Waals surface area contributed by atoms with Crippen molar-refractivity contribution < 1.29 is 8.42 Å². The van der Waals surface area contributed by atoms with E-state index < -0.39 is 10.0 Å². The SMILES string of the molecule is Cc1ccc2[nH]c(CN3CCN(S(C)(=O)=O)CC3)cc(=O)c2c1. The van der Waals surface area contributed by atoms with Gasteiger partial charge in [0, 0.05) is 55.4 Å². The van der Waals surface area contributed by atoms with Crippen molar-refractivity contribution >= 4 is 20.9 Å². The Balaban J connectivity index is 1.76. The first-order chi connectivity index (χ1) is 10.8. The molecular weight excluding hydrogens is 314 g/mol. The Morgan fingerprint density at radius 1 is 1.13 bits per heavy atom. The molecule has 1 aromatic heterocycles. The Morgan fingerprint density at radius 2 is 1.83 bits per heavy atom. The minimum atomic E-state index is -3.11. The second-order valence-corrected chi connectivity index (χ2v) is 8.13. The van der Waals surface area contributed by atoms with Gasteiger partial charge in [0.05, 0.1) is 6.26 Å². The molecule has 0 bridgehead atoms. The zero-order valence-electron chi connectivity index (χ0n) is 13.4. The van der Waals surface area contributed by atoms with Crippen LogP contribution in [-0.4, -0.2) is 55.0 Å². The summed E-state index contributed by atoms with van der Waals surface area (Å²) in [4.78, 5) is 17.7. The average Bonchev–Trinajstić information content (AvgIpc) is 2.48. The molecular formula is C16H21N3O3S. The zero-order chi connectivity index (χ0) is 16.6.